The first-order chi connectivity index (χ1) is 15.9. The van der Waals surface area contributed by atoms with Crippen molar-refractivity contribution in [1.82, 2.24) is 14.5 Å². The topological polar surface area (TPSA) is 51.0 Å². The Morgan fingerprint density at radius 2 is 1.61 bits per heavy atom. The van der Waals surface area contributed by atoms with Crippen molar-refractivity contribution in [2.45, 2.75) is 60.3 Å². The standard InChI is InChI=1S/C26H31FN4OS/c1-6-8-14-30(15-9-7-2)26-29-23-21-16(3)18(5)33-24(21)28-17(4)22(23)25(32)31(26)20-12-10-19(27)11-13-20/h10-13H,6-9,14-15H2,1-5H3. The van der Waals surface area contributed by atoms with Gasteiger partial charge in [0.25, 0.3) is 5.56 Å². The zero-order valence-corrected chi connectivity index (χ0v) is 20.9. The molecule has 4 aromatic rings. The summed E-state index contributed by atoms with van der Waals surface area (Å²) in [7, 11) is 0. The van der Waals surface area contributed by atoms with E-state index in [4.69, 9.17) is 9.97 Å². The van der Waals surface area contributed by atoms with Gasteiger partial charge in [-0.3, -0.25) is 4.79 Å². The molecule has 3 aromatic heterocycles. The lowest BCUT2D eigenvalue weighted by atomic mass is 10.1. The number of pyridine rings is 1. The van der Waals surface area contributed by atoms with Gasteiger partial charge in [-0.1, -0.05) is 26.7 Å². The van der Waals surface area contributed by atoms with Gasteiger partial charge in [-0.05, 0) is 63.4 Å². The molecule has 0 saturated carbocycles. The summed E-state index contributed by atoms with van der Waals surface area (Å²) in [5.74, 6) is 0.288. The Morgan fingerprint density at radius 3 is 2.21 bits per heavy atom. The number of nitrogens with zero attached hydrogens (tertiary/aromatic N) is 4. The Bertz CT molecular complexity index is 1350. The second kappa shape index (κ2) is 9.59. The summed E-state index contributed by atoms with van der Waals surface area (Å²) in [4.78, 5) is 28.3. The van der Waals surface area contributed by atoms with Crippen LogP contribution in [0.2, 0.25) is 0 Å². The second-order valence-electron chi connectivity index (χ2n) is 8.61. The highest BCUT2D eigenvalue weighted by Crippen LogP contribution is 2.35. The van der Waals surface area contributed by atoms with Crippen LogP contribution in [0.1, 0.15) is 55.7 Å². The number of halogens is 1. The Morgan fingerprint density at radius 1 is 0.970 bits per heavy atom. The molecular weight excluding hydrogens is 435 g/mol. The maximum absolute atomic E-state index is 14.0. The molecule has 174 valence electrons. The van der Waals surface area contributed by atoms with E-state index < -0.39 is 0 Å². The zero-order chi connectivity index (χ0) is 23.7. The predicted molar refractivity (Wildman–Crippen MR) is 137 cm³/mol. The van der Waals surface area contributed by atoms with Gasteiger partial charge in [0.1, 0.15) is 10.6 Å². The molecule has 0 saturated heterocycles. The van der Waals surface area contributed by atoms with Crippen LogP contribution in [-0.4, -0.2) is 27.6 Å². The van der Waals surface area contributed by atoms with E-state index in [0.717, 1.165) is 60.1 Å². The molecular formula is C26H31FN4OS. The molecule has 0 unspecified atom stereocenters. The largest absolute Gasteiger partial charge is 0.342 e. The summed E-state index contributed by atoms with van der Waals surface area (Å²) in [5.41, 5.74) is 2.97. The number of hydrogen-bond donors (Lipinski definition) is 0. The number of benzene rings is 1. The maximum Gasteiger partial charge on any atom is 0.269 e. The monoisotopic (exact) mass is 466 g/mol. The van der Waals surface area contributed by atoms with Crippen LogP contribution in [-0.2, 0) is 0 Å². The molecule has 1 aromatic carbocycles. The van der Waals surface area contributed by atoms with Gasteiger partial charge >= 0.3 is 0 Å². The molecule has 0 aliphatic heterocycles. The van der Waals surface area contributed by atoms with E-state index in [9.17, 15) is 9.18 Å². The molecule has 0 spiro atoms. The lowest BCUT2D eigenvalue weighted by molar-refractivity contribution is 0.626. The molecule has 0 amide bonds. The molecule has 3 heterocycles. The highest BCUT2D eigenvalue weighted by molar-refractivity contribution is 7.18. The van der Waals surface area contributed by atoms with Crippen LogP contribution in [0.4, 0.5) is 10.3 Å². The molecule has 0 bridgehead atoms. The number of aryl methyl sites for hydroxylation is 3. The fraction of sp³-hybridized carbons (Fsp3) is 0.423. The summed E-state index contributed by atoms with van der Waals surface area (Å²) in [6.07, 6.45) is 4.10. The van der Waals surface area contributed by atoms with E-state index in [-0.39, 0.29) is 11.4 Å². The molecule has 0 aliphatic rings. The Hall–Kier alpha value is -2.80. The van der Waals surface area contributed by atoms with Gasteiger partial charge < -0.3 is 4.90 Å². The zero-order valence-electron chi connectivity index (χ0n) is 20.0. The number of anilines is 1. The van der Waals surface area contributed by atoms with Crippen molar-refractivity contribution in [3.63, 3.8) is 0 Å². The van der Waals surface area contributed by atoms with Crippen molar-refractivity contribution >= 4 is 38.4 Å². The van der Waals surface area contributed by atoms with Crippen molar-refractivity contribution in [3.8, 4) is 5.69 Å². The third kappa shape index (κ3) is 4.26. The fourth-order valence-corrected chi connectivity index (χ4v) is 5.32. The average molecular weight is 467 g/mol. The minimum absolute atomic E-state index is 0.158. The summed E-state index contributed by atoms with van der Waals surface area (Å²) < 4.78 is 15.4. The number of thiophene rings is 1. The number of hydrogen-bond acceptors (Lipinski definition) is 5. The molecule has 0 aliphatic carbocycles. The van der Waals surface area contributed by atoms with Crippen molar-refractivity contribution in [3.05, 3.63) is 56.6 Å². The number of aromatic nitrogens is 3. The van der Waals surface area contributed by atoms with E-state index in [2.05, 4.69) is 32.6 Å². The third-order valence-electron chi connectivity index (χ3n) is 6.23. The minimum atomic E-state index is -0.333. The lowest BCUT2D eigenvalue weighted by Gasteiger charge is -2.27. The Kier molecular flexibility index (Phi) is 6.79. The first-order valence-corrected chi connectivity index (χ1v) is 12.5. The van der Waals surface area contributed by atoms with Crippen LogP contribution < -0.4 is 10.5 Å². The summed E-state index contributed by atoms with van der Waals surface area (Å²) in [6.45, 7) is 12.0. The van der Waals surface area contributed by atoms with Gasteiger partial charge in [0.05, 0.1) is 22.3 Å². The molecule has 0 fully saturated rings. The molecule has 0 radical (unpaired) electrons. The highest BCUT2D eigenvalue weighted by Gasteiger charge is 2.23. The van der Waals surface area contributed by atoms with Gasteiger partial charge in [-0.15, -0.1) is 11.3 Å². The van der Waals surface area contributed by atoms with Crippen molar-refractivity contribution in [2.24, 2.45) is 0 Å². The summed E-state index contributed by atoms with van der Waals surface area (Å²) in [5, 5.41) is 1.50. The van der Waals surface area contributed by atoms with Crippen LogP contribution in [0, 0.1) is 26.6 Å². The van der Waals surface area contributed by atoms with Gasteiger partial charge in [-0.2, -0.15) is 0 Å². The minimum Gasteiger partial charge on any atom is -0.342 e. The molecule has 0 N–H and O–H groups in total. The molecule has 4 rings (SSSR count). The second-order valence-corrected chi connectivity index (χ2v) is 9.81. The lowest BCUT2D eigenvalue weighted by Crippen LogP contribution is -2.34. The molecule has 33 heavy (non-hydrogen) atoms. The summed E-state index contributed by atoms with van der Waals surface area (Å²) in [6, 6.07) is 6.07. The average Bonchev–Trinajstić information content (AvgIpc) is 3.07. The maximum atomic E-state index is 14.0. The first-order valence-electron chi connectivity index (χ1n) is 11.7. The fourth-order valence-electron chi connectivity index (χ4n) is 4.24. The van der Waals surface area contributed by atoms with E-state index >= 15 is 0 Å². The van der Waals surface area contributed by atoms with Gasteiger partial charge in [0.2, 0.25) is 5.95 Å². The van der Waals surface area contributed by atoms with E-state index in [1.165, 1.54) is 17.0 Å². The van der Waals surface area contributed by atoms with Crippen LogP contribution in [0.5, 0.6) is 0 Å². The van der Waals surface area contributed by atoms with E-state index in [0.29, 0.717) is 22.7 Å². The van der Waals surface area contributed by atoms with Crippen LogP contribution in [0.3, 0.4) is 0 Å². The number of unbranched alkanes of at least 4 members (excludes halogenated alkanes) is 2. The van der Waals surface area contributed by atoms with Crippen LogP contribution >= 0.6 is 11.3 Å². The highest BCUT2D eigenvalue weighted by atomic mass is 32.1. The van der Waals surface area contributed by atoms with Gasteiger partial charge in [0, 0.05) is 23.4 Å². The van der Waals surface area contributed by atoms with Crippen molar-refractivity contribution in [1.29, 1.82) is 0 Å². The van der Waals surface area contributed by atoms with Crippen LogP contribution in [0.15, 0.2) is 29.1 Å². The Labute approximate surface area is 197 Å². The van der Waals surface area contributed by atoms with Gasteiger partial charge in [0.15, 0.2) is 0 Å². The van der Waals surface area contributed by atoms with E-state index in [1.54, 1.807) is 28.0 Å². The van der Waals surface area contributed by atoms with Crippen LogP contribution in [0.25, 0.3) is 26.8 Å². The number of rotatable bonds is 8. The van der Waals surface area contributed by atoms with Crippen molar-refractivity contribution < 1.29 is 4.39 Å². The van der Waals surface area contributed by atoms with Gasteiger partial charge in [-0.25, -0.2) is 18.9 Å². The molecule has 0 atom stereocenters. The predicted octanol–water partition coefficient (Wildman–Crippen LogP) is 6.47. The smallest absolute Gasteiger partial charge is 0.269 e. The SMILES string of the molecule is CCCCN(CCCC)c1nc2c(c(C)nc3sc(C)c(C)c32)c(=O)n1-c1ccc(F)cc1. The molecule has 5 nitrogen and oxygen atoms in total. The van der Waals surface area contributed by atoms with Crippen molar-refractivity contribution in [2.75, 3.05) is 18.0 Å². The molecule has 7 heteroatoms. The first kappa shape index (κ1) is 23.4. The Balaban J connectivity index is 2.11. The normalized spacial score (nSPS) is 11.6. The summed E-state index contributed by atoms with van der Waals surface area (Å²) >= 11 is 1.64. The quantitative estimate of drug-likeness (QED) is 0.299. The van der Waals surface area contributed by atoms with E-state index in [1.807, 2.05) is 6.92 Å². The number of fused-ring (bicyclic) bond motifs is 3. The third-order valence-corrected chi connectivity index (χ3v) is 7.33.